The molecule has 4 rings (SSSR count). The van der Waals surface area contributed by atoms with Crippen LogP contribution in [0.5, 0.6) is 5.75 Å². The minimum Gasteiger partial charge on any atom is -0.497 e. The molecule has 2 unspecified atom stereocenters. The van der Waals surface area contributed by atoms with Crippen LogP contribution >= 0.6 is 0 Å². The van der Waals surface area contributed by atoms with E-state index in [9.17, 15) is 19.5 Å². The van der Waals surface area contributed by atoms with Gasteiger partial charge in [0.05, 0.1) is 37.7 Å². The Hall–Kier alpha value is -3.17. The molecule has 9 nitrogen and oxygen atoms in total. The molecule has 0 aromatic heterocycles. The highest BCUT2D eigenvalue weighted by atomic mass is 16.6. The van der Waals surface area contributed by atoms with Crippen LogP contribution in [0, 0.1) is 17.8 Å². The lowest BCUT2D eigenvalue weighted by Gasteiger charge is -2.40. The van der Waals surface area contributed by atoms with Gasteiger partial charge in [-0.25, -0.2) is 0 Å². The van der Waals surface area contributed by atoms with Gasteiger partial charge in [-0.2, -0.15) is 0 Å². The maximum atomic E-state index is 14.4. The third-order valence-corrected chi connectivity index (χ3v) is 7.86. The number of ether oxygens (including phenoxy) is 3. The number of aliphatic hydroxyl groups is 1. The molecule has 37 heavy (non-hydrogen) atoms. The second kappa shape index (κ2) is 10.7. The molecule has 3 saturated heterocycles. The summed E-state index contributed by atoms with van der Waals surface area (Å²) in [5.41, 5.74) is -0.581. The van der Waals surface area contributed by atoms with E-state index in [2.05, 4.69) is 13.2 Å². The number of carbonyl (C=O) groups excluding carboxylic acids is 3. The summed E-state index contributed by atoms with van der Waals surface area (Å²) in [6.45, 7) is 11.1. The molecule has 2 amide bonds. The van der Waals surface area contributed by atoms with Crippen LogP contribution in [0.2, 0.25) is 0 Å². The van der Waals surface area contributed by atoms with Crippen molar-refractivity contribution in [2.75, 3.05) is 31.8 Å². The maximum absolute atomic E-state index is 14.4. The van der Waals surface area contributed by atoms with Crippen molar-refractivity contribution in [3.05, 3.63) is 49.6 Å². The molecule has 2 bridgehead atoms. The number of benzene rings is 1. The highest BCUT2D eigenvalue weighted by Crippen LogP contribution is 2.59. The zero-order valence-electron chi connectivity index (χ0n) is 21.7. The average molecular weight is 513 g/mol. The van der Waals surface area contributed by atoms with Gasteiger partial charge < -0.3 is 29.1 Å². The quantitative estimate of drug-likeness (QED) is 0.358. The topological polar surface area (TPSA) is 106 Å². The van der Waals surface area contributed by atoms with Gasteiger partial charge in [0.25, 0.3) is 5.91 Å². The summed E-state index contributed by atoms with van der Waals surface area (Å²) in [5, 5.41) is 10.3. The normalized spacial score (nSPS) is 28.7. The number of carbonyl (C=O) groups is 3. The number of rotatable bonds is 11. The summed E-state index contributed by atoms with van der Waals surface area (Å²) >= 11 is 0. The number of fused-ring (bicyclic) bond motifs is 1. The monoisotopic (exact) mass is 512 g/mol. The standard InChI is InChI=1S/C28H36N2O7/c1-6-14-29(18-8-10-19(35-5)11-9-18)26(33)24-28-13-12-21(37-28)22(27(34)36-15-7-2)23(28)25(32)30(24)20(16-31)17(3)4/h6-11,17,20-24,31H,1-2,12-16H2,3-5H3/t20-,21+,22-,23-,24?,28?/m0/s1. The second-order valence-electron chi connectivity index (χ2n) is 10.1. The van der Waals surface area contributed by atoms with Crippen LogP contribution in [0.1, 0.15) is 26.7 Å². The molecule has 200 valence electrons. The van der Waals surface area contributed by atoms with Gasteiger partial charge in [-0.1, -0.05) is 32.6 Å². The van der Waals surface area contributed by atoms with Crippen LogP contribution in [-0.2, 0) is 23.9 Å². The molecule has 0 aliphatic carbocycles. The number of hydrogen-bond donors (Lipinski definition) is 1. The fourth-order valence-electron chi connectivity index (χ4n) is 6.21. The Morgan fingerprint density at radius 1 is 1.27 bits per heavy atom. The van der Waals surface area contributed by atoms with Crippen molar-refractivity contribution >= 4 is 23.5 Å². The van der Waals surface area contributed by atoms with Gasteiger partial charge in [-0.15, -0.1) is 6.58 Å². The molecule has 1 aromatic carbocycles. The molecular weight excluding hydrogens is 476 g/mol. The first kappa shape index (κ1) is 26.9. The Bertz CT molecular complexity index is 1060. The van der Waals surface area contributed by atoms with Crippen molar-refractivity contribution in [3.8, 4) is 5.75 Å². The molecule has 1 aromatic rings. The lowest BCUT2D eigenvalue weighted by molar-refractivity contribution is -0.155. The van der Waals surface area contributed by atoms with Gasteiger partial charge >= 0.3 is 5.97 Å². The number of likely N-dealkylation sites (tertiary alicyclic amines) is 1. The maximum Gasteiger partial charge on any atom is 0.312 e. The Labute approximate surface area is 217 Å². The van der Waals surface area contributed by atoms with Crippen LogP contribution in [0.15, 0.2) is 49.6 Å². The van der Waals surface area contributed by atoms with Gasteiger partial charge in [0, 0.05) is 12.2 Å². The summed E-state index contributed by atoms with van der Waals surface area (Å²) in [7, 11) is 1.56. The predicted molar refractivity (Wildman–Crippen MR) is 137 cm³/mol. The smallest absolute Gasteiger partial charge is 0.312 e. The van der Waals surface area contributed by atoms with Crippen molar-refractivity contribution in [3.63, 3.8) is 0 Å². The summed E-state index contributed by atoms with van der Waals surface area (Å²) < 4.78 is 17.0. The predicted octanol–water partition coefficient (Wildman–Crippen LogP) is 2.33. The number of methoxy groups -OCH3 is 1. The van der Waals surface area contributed by atoms with E-state index in [0.717, 1.165) is 0 Å². The van der Waals surface area contributed by atoms with E-state index in [1.165, 1.54) is 11.0 Å². The molecule has 3 heterocycles. The first-order valence-electron chi connectivity index (χ1n) is 12.7. The highest BCUT2D eigenvalue weighted by molar-refractivity contribution is 6.04. The molecule has 0 radical (unpaired) electrons. The summed E-state index contributed by atoms with van der Waals surface area (Å²) in [6, 6.07) is 5.40. The molecule has 1 spiro atoms. The number of hydrogen-bond acceptors (Lipinski definition) is 7. The van der Waals surface area contributed by atoms with Crippen molar-refractivity contribution in [2.45, 2.75) is 50.5 Å². The van der Waals surface area contributed by atoms with E-state index in [-0.39, 0.29) is 37.5 Å². The molecule has 6 atom stereocenters. The average Bonchev–Trinajstić information content (AvgIpc) is 3.53. The SMILES string of the molecule is C=CCOC(=O)[C@@H]1[C@H]2C(=O)N([C@@H](CO)C(C)C)C(C(=O)N(CC=C)c3ccc(OC)cc3)C23CC[C@H]1O3. The molecule has 3 aliphatic rings. The molecular formula is C28H36N2O7. The number of esters is 1. The minimum absolute atomic E-state index is 0.0257. The Balaban J connectivity index is 1.80. The zero-order valence-corrected chi connectivity index (χ0v) is 21.7. The molecule has 1 N–H and O–H groups in total. The van der Waals surface area contributed by atoms with Gasteiger partial charge in [0.15, 0.2) is 0 Å². The van der Waals surface area contributed by atoms with Gasteiger partial charge in [0.2, 0.25) is 5.91 Å². The van der Waals surface area contributed by atoms with Crippen LogP contribution in [0.3, 0.4) is 0 Å². The lowest BCUT2D eigenvalue weighted by atomic mass is 9.70. The number of anilines is 1. The largest absolute Gasteiger partial charge is 0.497 e. The third kappa shape index (κ3) is 4.34. The molecule has 0 saturated carbocycles. The van der Waals surface area contributed by atoms with Crippen LogP contribution in [-0.4, -0.2) is 78.4 Å². The van der Waals surface area contributed by atoms with Crippen LogP contribution < -0.4 is 9.64 Å². The molecule has 9 heteroatoms. The number of amides is 2. The van der Waals surface area contributed by atoms with Crippen LogP contribution in [0.4, 0.5) is 5.69 Å². The van der Waals surface area contributed by atoms with Crippen LogP contribution in [0.25, 0.3) is 0 Å². The van der Waals surface area contributed by atoms with E-state index < -0.39 is 41.6 Å². The number of nitrogens with zero attached hydrogens (tertiary/aromatic N) is 2. The summed E-state index contributed by atoms with van der Waals surface area (Å²) in [5.74, 6) is -2.42. The van der Waals surface area contributed by atoms with Crippen molar-refractivity contribution < 1.29 is 33.7 Å². The minimum atomic E-state index is -1.19. The van der Waals surface area contributed by atoms with Gasteiger partial charge in [-0.3, -0.25) is 14.4 Å². The fourth-order valence-corrected chi connectivity index (χ4v) is 6.21. The van der Waals surface area contributed by atoms with E-state index in [1.807, 2.05) is 13.8 Å². The Kier molecular flexibility index (Phi) is 7.75. The van der Waals surface area contributed by atoms with Crippen molar-refractivity contribution in [1.29, 1.82) is 0 Å². The molecule has 3 fully saturated rings. The Morgan fingerprint density at radius 3 is 2.54 bits per heavy atom. The van der Waals surface area contributed by atoms with Gasteiger partial charge in [-0.05, 0) is 43.0 Å². The number of aliphatic hydroxyl groups excluding tert-OH is 1. The lowest BCUT2D eigenvalue weighted by Crippen LogP contribution is -2.59. The van der Waals surface area contributed by atoms with E-state index in [0.29, 0.717) is 24.3 Å². The third-order valence-electron chi connectivity index (χ3n) is 7.86. The van der Waals surface area contributed by atoms with E-state index in [1.54, 1.807) is 42.4 Å². The first-order valence-corrected chi connectivity index (χ1v) is 12.7. The van der Waals surface area contributed by atoms with Crippen molar-refractivity contribution in [1.82, 2.24) is 4.90 Å². The second-order valence-corrected chi connectivity index (χ2v) is 10.1. The van der Waals surface area contributed by atoms with E-state index in [4.69, 9.17) is 14.2 Å². The Morgan fingerprint density at radius 2 is 1.97 bits per heavy atom. The van der Waals surface area contributed by atoms with Gasteiger partial charge in [0.1, 0.15) is 24.0 Å². The van der Waals surface area contributed by atoms with Crippen molar-refractivity contribution in [2.24, 2.45) is 17.8 Å². The zero-order chi connectivity index (χ0) is 26.9. The summed E-state index contributed by atoms with van der Waals surface area (Å²) in [4.78, 5) is 44.6. The summed E-state index contributed by atoms with van der Waals surface area (Å²) in [6.07, 6.45) is 3.56. The highest BCUT2D eigenvalue weighted by Gasteiger charge is 2.75. The fraction of sp³-hybridized carbons (Fsp3) is 0.536. The molecule has 3 aliphatic heterocycles. The first-order chi connectivity index (χ1) is 17.7. The van der Waals surface area contributed by atoms with E-state index >= 15 is 0 Å².